The van der Waals surface area contributed by atoms with Crippen LogP contribution in [0.25, 0.3) is 21.6 Å². The standard InChI is InChI=1S/C10H10N8O/c11-9-8-10(14-4-13-9)18(5-15-8)7-2-1-6(19-7)3-16-17-12/h1-2,4-7H,3H2,(H2,11,13,14)/t6-,7+/m0/s1. The third-order valence-electron chi connectivity index (χ3n) is 2.79. The maximum absolute atomic E-state index is 8.28. The summed E-state index contributed by atoms with van der Waals surface area (Å²) >= 11 is 0. The van der Waals surface area contributed by atoms with Crippen molar-refractivity contribution >= 4 is 17.0 Å². The summed E-state index contributed by atoms with van der Waals surface area (Å²) in [4.78, 5) is 14.9. The maximum atomic E-state index is 8.28. The van der Waals surface area contributed by atoms with Gasteiger partial charge < -0.3 is 10.5 Å². The van der Waals surface area contributed by atoms with Crippen LogP contribution in [-0.4, -0.2) is 32.2 Å². The number of hydrogen-bond acceptors (Lipinski definition) is 6. The summed E-state index contributed by atoms with van der Waals surface area (Å²) in [5.74, 6) is 0.330. The quantitative estimate of drug-likeness (QED) is 0.382. The van der Waals surface area contributed by atoms with Crippen LogP contribution in [-0.2, 0) is 4.74 Å². The number of aromatic nitrogens is 4. The minimum atomic E-state index is -0.335. The Balaban J connectivity index is 1.88. The van der Waals surface area contributed by atoms with Gasteiger partial charge in [-0.1, -0.05) is 11.2 Å². The van der Waals surface area contributed by atoms with Crippen molar-refractivity contribution in [2.45, 2.75) is 12.3 Å². The zero-order valence-electron chi connectivity index (χ0n) is 9.79. The van der Waals surface area contributed by atoms with Gasteiger partial charge in [0.05, 0.1) is 19.0 Å². The van der Waals surface area contributed by atoms with E-state index in [9.17, 15) is 0 Å². The van der Waals surface area contributed by atoms with Gasteiger partial charge in [-0.2, -0.15) is 0 Å². The van der Waals surface area contributed by atoms with Crippen LogP contribution in [0.3, 0.4) is 0 Å². The maximum Gasteiger partial charge on any atom is 0.167 e. The van der Waals surface area contributed by atoms with Gasteiger partial charge in [-0.05, 0) is 11.6 Å². The third-order valence-corrected chi connectivity index (χ3v) is 2.79. The lowest BCUT2D eigenvalue weighted by molar-refractivity contribution is 0.0250. The van der Waals surface area contributed by atoms with Crippen molar-refractivity contribution < 1.29 is 4.74 Å². The Morgan fingerprint density at radius 3 is 3.16 bits per heavy atom. The van der Waals surface area contributed by atoms with E-state index in [1.807, 2.05) is 12.2 Å². The van der Waals surface area contributed by atoms with Crippen molar-refractivity contribution in [2.75, 3.05) is 12.3 Å². The first-order valence-electron chi connectivity index (χ1n) is 5.57. The van der Waals surface area contributed by atoms with E-state index in [0.29, 0.717) is 17.0 Å². The van der Waals surface area contributed by atoms with Crippen LogP contribution in [0.2, 0.25) is 0 Å². The number of rotatable bonds is 3. The highest BCUT2D eigenvalue weighted by molar-refractivity contribution is 5.81. The lowest BCUT2D eigenvalue weighted by Gasteiger charge is -2.14. The number of nitrogens with two attached hydrogens (primary N) is 1. The SMILES string of the molecule is [N-]=[N+]=NC[C@@H]1C=C[C@H](n2cnc3c(N)ncnc32)O1. The molecule has 3 heterocycles. The number of nitrogen functional groups attached to an aromatic ring is 1. The van der Waals surface area contributed by atoms with E-state index in [1.54, 1.807) is 10.9 Å². The fourth-order valence-corrected chi connectivity index (χ4v) is 1.92. The van der Waals surface area contributed by atoms with E-state index in [-0.39, 0.29) is 18.9 Å². The molecule has 2 aromatic rings. The molecule has 0 radical (unpaired) electrons. The highest BCUT2D eigenvalue weighted by atomic mass is 16.5. The lowest BCUT2D eigenvalue weighted by Crippen LogP contribution is -2.14. The predicted octanol–water partition coefficient (Wildman–Crippen LogP) is 1.17. The number of anilines is 1. The largest absolute Gasteiger partial charge is 0.382 e. The highest BCUT2D eigenvalue weighted by Crippen LogP contribution is 2.25. The number of ether oxygens (including phenoxy) is 1. The molecule has 2 N–H and O–H groups in total. The summed E-state index contributed by atoms with van der Waals surface area (Å²) in [7, 11) is 0. The molecule has 1 aliphatic heterocycles. The molecule has 96 valence electrons. The van der Waals surface area contributed by atoms with Crippen molar-refractivity contribution in [3.63, 3.8) is 0 Å². The number of nitrogens with zero attached hydrogens (tertiary/aromatic N) is 7. The minimum absolute atomic E-state index is 0.238. The van der Waals surface area contributed by atoms with Gasteiger partial charge >= 0.3 is 0 Å². The van der Waals surface area contributed by atoms with Gasteiger partial charge in [-0.3, -0.25) is 4.57 Å². The van der Waals surface area contributed by atoms with Crippen LogP contribution in [0.15, 0.2) is 29.9 Å². The molecule has 0 aromatic carbocycles. The molecule has 0 unspecified atom stereocenters. The average molecular weight is 258 g/mol. The topological polar surface area (TPSA) is 128 Å². The molecule has 1 aliphatic rings. The first-order valence-corrected chi connectivity index (χ1v) is 5.57. The van der Waals surface area contributed by atoms with Gasteiger partial charge in [-0.25, -0.2) is 15.0 Å². The molecule has 0 fully saturated rings. The van der Waals surface area contributed by atoms with Gasteiger partial charge in [0.2, 0.25) is 0 Å². The molecular weight excluding hydrogens is 248 g/mol. The highest BCUT2D eigenvalue weighted by Gasteiger charge is 2.22. The first kappa shape index (κ1) is 11.5. The van der Waals surface area contributed by atoms with Crippen molar-refractivity contribution in [1.82, 2.24) is 19.5 Å². The van der Waals surface area contributed by atoms with Crippen LogP contribution in [0, 0.1) is 0 Å². The van der Waals surface area contributed by atoms with Crippen molar-refractivity contribution in [1.29, 1.82) is 0 Å². The van der Waals surface area contributed by atoms with Crippen molar-refractivity contribution in [2.24, 2.45) is 5.11 Å². The predicted molar refractivity (Wildman–Crippen MR) is 66.8 cm³/mol. The summed E-state index contributed by atoms with van der Waals surface area (Å²) in [6.45, 7) is 0.257. The second-order valence-electron chi connectivity index (χ2n) is 3.95. The zero-order valence-corrected chi connectivity index (χ0v) is 9.79. The average Bonchev–Trinajstić information content (AvgIpc) is 3.02. The van der Waals surface area contributed by atoms with Crippen LogP contribution < -0.4 is 5.73 Å². The Bertz CT molecular complexity index is 686. The van der Waals surface area contributed by atoms with Gasteiger partial charge in [0.1, 0.15) is 11.8 Å². The van der Waals surface area contributed by atoms with E-state index >= 15 is 0 Å². The molecule has 9 nitrogen and oxygen atoms in total. The zero-order chi connectivity index (χ0) is 13.2. The van der Waals surface area contributed by atoms with E-state index < -0.39 is 0 Å². The van der Waals surface area contributed by atoms with Gasteiger partial charge in [-0.15, -0.1) is 0 Å². The Hall–Kier alpha value is -2.64. The molecule has 0 bridgehead atoms. The molecular formula is C10H10N8O. The molecule has 2 atom stereocenters. The molecule has 3 rings (SSSR count). The molecule has 0 saturated heterocycles. The van der Waals surface area contributed by atoms with Crippen LogP contribution in [0.1, 0.15) is 6.23 Å². The van der Waals surface area contributed by atoms with Crippen LogP contribution >= 0.6 is 0 Å². The van der Waals surface area contributed by atoms with Crippen molar-refractivity contribution in [3.8, 4) is 0 Å². The molecule has 0 amide bonds. The molecule has 0 spiro atoms. The molecule has 2 aromatic heterocycles. The Kier molecular flexibility index (Phi) is 2.75. The molecule has 0 aliphatic carbocycles. The van der Waals surface area contributed by atoms with Crippen LogP contribution in [0.5, 0.6) is 0 Å². The molecule has 19 heavy (non-hydrogen) atoms. The summed E-state index contributed by atoms with van der Waals surface area (Å²) in [6.07, 6.45) is 6.11. The molecule has 0 saturated carbocycles. The summed E-state index contributed by atoms with van der Waals surface area (Å²) in [5, 5.41) is 3.48. The lowest BCUT2D eigenvalue weighted by atomic mass is 10.3. The molecule has 9 heteroatoms. The summed E-state index contributed by atoms with van der Waals surface area (Å²) < 4.78 is 7.45. The Morgan fingerprint density at radius 2 is 2.32 bits per heavy atom. The minimum Gasteiger partial charge on any atom is -0.382 e. The van der Waals surface area contributed by atoms with E-state index in [0.717, 1.165) is 0 Å². The first-order chi connectivity index (χ1) is 9.29. The van der Waals surface area contributed by atoms with Crippen molar-refractivity contribution in [3.05, 3.63) is 35.2 Å². The van der Waals surface area contributed by atoms with Gasteiger partial charge in [0.15, 0.2) is 17.7 Å². The Morgan fingerprint density at radius 1 is 1.42 bits per heavy atom. The van der Waals surface area contributed by atoms with E-state index in [2.05, 4.69) is 25.0 Å². The second kappa shape index (κ2) is 4.56. The number of fused-ring (bicyclic) bond motifs is 1. The van der Waals surface area contributed by atoms with E-state index in [4.69, 9.17) is 16.0 Å². The van der Waals surface area contributed by atoms with Gasteiger partial charge in [0.25, 0.3) is 0 Å². The van der Waals surface area contributed by atoms with E-state index in [1.165, 1.54) is 6.33 Å². The number of azide groups is 1. The number of hydrogen-bond donors (Lipinski definition) is 1. The third kappa shape index (κ3) is 1.96. The smallest absolute Gasteiger partial charge is 0.167 e. The fourth-order valence-electron chi connectivity index (χ4n) is 1.92. The normalized spacial score (nSPS) is 21.7. The van der Waals surface area contributed by atoms with Gasteiger partial charge in [0, 0.05) is 4.91 Å². The van der Waals surface area contributed by atoms with Crippen LogP contribution in [0.4, 0.5) is 5.82 Å². The monoisotopic (exact) mass is 258 g/mol. The summed E-state index contributed by atoms with van der Waals surface area (Å²) in [5.41, 5.74) is 15.1. The second-order valence-corrected chi connectivity index (χ2v) is 3.95. The fraction of sp³-hybridized carbons (Fsp3) is 0.300. The number of imidazole rings is 1. The summed E-state index contributed by atoms with van der Waals surface area (Å²) in [6, 6.07) is 0. The Labute approximate surface area is 107 Å².